The van der Waals surface area contributed by atoms with E-state index in [1.54, 1.807) is 11.8 Å². The number of thioether (sulfide) groups is 1. The molecule has 1 saturated heterocycles. The Morgan fingerprint density at radius 1 is 0.960 bits per heavy atom. The molecule has 0 unspecified atom stereocenters. The van der Waals surface area contributed by atoms with E-state index in [1.165, 1.54) is 27.4 Å². The smallest absolute Gasteiger partial charge is 0.243 e. The van der Waals surface area contributed by atoms with E-state index < -0.39 is 10.0 Å². The maximum atomic E-state index is 12.8. The van der Waals surface area contributed by atoms with Gasteiger partial charge in [-0.05, 0) is 36.6 Å². The monoisotopic (exact) mass is 416 g/mol. The molecular weight excluding hydrogens is 399 g/mol. The molecule has 1 heterocycles. The number of hydrogen-bond acceptors (Lipinski definition) is 4. The molecule has 0 N–H and O–H groups in total. The summed E-state index contributed by atoms with van der Waals surface area (Å²) in [4.78, 5) is 3.56. The maximum Gasteiger partial charge on any atom is 0.243 e. The molecule has 0 radical (unpaired) electrons. The van der Waals surface area contributed by atoms with Crippen molar-refractivity contribution in [2.24, 2.45) is 0 Å². The Morgan fingerprint density at radius 3 is 2.16 bits per heavy atom. The molecule has 4 nitrogen and oxygen atoms in total. The van der Waals surface area contributed by atoms with Crippen molar-refractivity contribution in [3.8, 4) is 0 Å². The molecule has 0 spiro atoms. The first-order chi connectivity index (χ1) is 11.9. The van der Waals surface area contributed by atoms with Crippen molar-refractivity contribution in [2.75, 3.05) is 37.3 Å². The minimum absolute atomic E-state index is 0.142. The van der Waals surface area contributed by atoms with Crippen LogP contribution < -0.4 is 4.90 Å². The van der Waals surface area contributed by atoms with Crippen LogP contribution in [0.4, 0.5) is 5.69 Å². The van der Waals surface area contributed by atoms with Crippen molar-refractivity contribution < 1.29 is 8.42 Å². The van der Waals surface area contributed by atoms with E-state index in [1.807, 2.05) is 18.4 Å². The highest BCUT2D eigenvalue weighted by molar-refractivity contribution is 7.98. The molecule has 0 aliphatic carbocycles. The minimum atomic E-state index is -3.60. The maximum absolute atomic E-state index is 12.8. The van der Waals surface area contributed by atoms with Crippen LogP contribution in [0.15, 0.2) is 52.3 Å². The second-order valence-corrected chi connectivity index (χ2v) is 9.33. The number of halogens is 2. The van der Waals surface area contributed by atoms with Gasteiger partial charge in [-0.1, -0.05) is 35.3 Å². The lowest BCUT2D eigenvalue weighted by molar-refractivity contribution is 0.384. The summed E-state index contributed by atoms with van der Waals surface area (Å²) in [6.07, 6.45) is 2.04. The SMILES string of the molecule is CSc1ccccc1N1CCN(S(=O)(=O)c2cc(Cl)cc(Cl)c2)CC1. The summed E-state index contributed by atoms with van der Waals surface area (Å²) in [5.74, 6) is 0. The number of sulfonamides is 1. The van der Waals surface area contributed by atoms with Crippen LogP contribution in [-0.4, -0.2) is 45.2 Å². The van der Waals surface area contributed by atoms with Crippen LogP contribution in [-0.2, 0) is 10.0 Å². The van der Waals surface area contributed by atoms with E-state index in [0.29, 0.717) is 36.2 Å². The lowest BCUT2D eigenvalue weighted by atomic mass is 10.2. The van der Waals surface area contributed by atoms with Crippen LogP contribution in [0.5, 0.6) is 0 Å². The number of rotatable bonds is 4. The Hall–Kier alpha value is -0.920. The normalized spacial score (nSPS) is 16.2. The van der Waals surface area contributed by atoms with E-state index in [-0.39, 0.29) is 4.90 Å². The second kappa shape index (κ2) is 7.76. The number of para-hydroxylation sites is 1. The van der Waals surface area contributed by atoms with Gasteiger partial charge in [-0.3, -0.25) is 0 Å². The Morgan fingerprint density at radius 2 is 1.56 bits per heavy atom. The summed E-state index contributed by atoms with van der Waals surface area (Å²) in [6, 6.07) is 12.6. The molecule has 0 amide bonds. The second-order valence-electron chi connectivity index (χ2n) is 5.67. The van der Waals surface area contributed by atoms with Gasteiger partial charge in [0.15, 0.2) is 0 Å². The third-order valence-electron chi connectivity index (χ3n) is 4.14. The molecular formula is C17H18Cl2N2O2S2. The van der Waals surface area contributed by atoms with Gasteiger partial charge in [-0.15, -0.1) is 11.8 Å². The lowest BCUT2D eigenvalue weighted by Gasteiger charge is -2.36. The summed E-state index contributed by atoms with van der Waals surface area (Å²) < 4.78 is 27.2. The van der Waals surface area contributed by atoms with Crippen LogP contribution >= 0.6 is 35.0 Å². The van der Waals surface area contributed by atoms with Gasteiger partial charge >= 0.3 is 0 Å². The molecule has 3 rings (SSSR count). The number of anilines is 1. The highest BCUT2D eigenvalue weighted by Crippen LogP contribution is 2.30. The highest BCUT2D eigenvalue weighted by Gasteiger charge is 2.29. The fourth-order valence-electron chi connectivity index (χ4n) is 2.89. The standard InChI is InChI=1S/C17H18Cl2N2O2S2/c1-24-17-5-3-2-4-16(17)20-6-8-21(9-7-20)25(22,23)15-11-13(18)10-14(19)12-15/h2-5,10-12H,6-9H2,1H3. The molecule has 1 aliphatic rings. The van der Waals surface area contributed by atoms with E-state index in [4.69, 9.17) is 23.2 Å². The largest absolute Gasteiger partial charge is 0.368 e. The highest BCUT2D eigenvalue weighted by atomic mass is 35.5. The molecule has 0 atom stereocenters. The third kappa shape index (κ3) is 4.09. The van der Waals surface area contributed by atoms with Gasteiger partial charge in [0.1, 0.15) is 0 Å². The topological polar surface area (TPSA) is 40.6 Å². The zero-order valence-corrected chi connectivity index (χ0v) is 16.8. The van der Waals surface area contributed by atoms with Crippen LogP contribution in [0.2, 0.25) is 10.0 Å². The zero-order valence-electron chi connectivity index (χ0n) is 13.7. The summed E-state index contributed by atoms with van der Waals surface area (Å²) in [6.45, 7) is 2.14. The fourth-order valence-corrected chi connectivity index (χ4v) is 5.66. The lowest BCUT2D eigenvalue weighted by Crippen LogP contribution is -2.48. The average molecular weight is 417 g/mol. The van der Waals surface area contributed by atoms with Gasteiger partial charge in [0.25, 0.3) is 0 Å². The van der Waals surface area contributed by atoms with Crippen LogP contribution in [0.25, 0.3) is 0 Å². The van der Waals surface area contributed by atoms with Gasteiger partial charge < -0.3 is 4.90 Å². The van der Waals surface area contributed by atoms with Gasteiger partial charge in [0.05, 0.1) is 10.6 Å². The zero-order chi connectivity index (χ0) is 18.0. The number of nitrogens with zero attached hydrogens (tertiary/aromatic N) is 2. The number of piperazine rings is 1. The first-order valence-electron chi connectivity index (χ1n) is 7.76. The van der Waals surface area contributed by atoms with Crippen molar-refractivity contribution >= 4 is 50.7 Å². The average Bonchev–Trinajstić information content (AvgIpc) is 2.61. The van der Waals surface area contributed by atoms with Gasteiger partial charge in [0.2, 0.25) is 10.0 Å². The van der Waals surface area contributed by atoms with E-state index >= 15 is 0 Å². The molecule has 1 fully saturated rings. The molecule has 134 valence electrons. The Labute approximate surface area is 162 Å². The number of benzene rings is 2. The minimum Gasteiger partial charge on any atom is -0.368 e. The first-order valence-corrected chi connectivity index (χ1v) is 11.2. The van der Waals surface area contributed by atoms with Crippen molar-refractivity contribution in [1.29, 1.82) is 0 Å². The van der Waals surface area contributed by atoms with E-state index in [2.05, 4.69) is 17.0 Å². The van der Waals surface area contributed by atoms with E-state index in [9.17, 15) is 8.42 Å². The first kappa shape index (κ1) is 18.9. The predicted molar refractivity (Wildman–Crippen MR) is 106 cm³/mol. The van der Waals surface area contributed by atoms with Crippen LogP contribution in [0.3, 0.4) is 0 Å². The fraction of sp³-hybridized carbons (Fsp3) is 0.294. The van der Waals surface area contributed by atoms with Gasteiger partial charge in [-0.25, -0.2) is 8.42 Å². The summed E-state index contributed by atoms with van der Waals surface area (Å²) in [5, 5.41) is 0.636. The van der Waals surface area contributed by atoms with Crippen molar-refractivity contribution in [3.05, 3.63) is 52.5 Å². The molecule has 25 heavy (non-hydrogen) atoms. The van der Waals surface area contributed by atoms with Crippen molar-refractivity contribution in [2.45, 2.75) is 9.79 Å². The Kier molecular flexibility index (Phi) is 5.85. The van der Waals surface area contributed by atoms with Crippen LogP contribution in [0, 0.1) is 0 Å². The van der Waals surface area contributed by atoms with E-state index in [0.717, 1.165) is 5.69 Å². The number of hydrogen-bond donors (Lipinski definition) is 0. The molecule has 2 aromatic rings. The van der Waals surface area contributed by atoms with Crippen molar-refractivity contribution in [3.63, 3.8) is 0 Å². The molecule has 0 bridgehead atoms. The molecule has 0 aromatic heterocycles. The molecule has 2 aromatic carbocycles. The summed E-state index contributed by atoms with van der Waals surface area (Å²) in [5.41, 5.74) is 1.15. The predicted octanol–water partition coefficient (Wildman–Crippen LogP) is 4.23. The van der Waals surface area contributed by atoms with Gasteiger partial charge in [0, 0.05) is 41.1 Å². The molecule has 1 aliphatic heterocycles. The molecule has 8 heteroatoms. The van der Waals surface area contributed by atoms with Gasteiger partial charge in [-0.2, -0.15) is 4.31 Å². The third-order valence-corrected chi connectivity index (χ3v) is 7.24. The van der Waals surface area contributed by atoms with Crippen molar-refractivity contribution in [1.82, 2.24) is 4.31 Å². The Bertz CT molecular complexity index is 846. The summed E-state index contributed by atoms with van der Waals surface area (Å²) in [7, 11) is -3.60. The van der Waals surface area contributed by atoms with Crippen LogP contribution in [0.1, 0.15) is 0 Å². The quantitative estimate of drug-likeness (QED) is 0.699. The Balaban J connectivity index is 1.77. The summed E-state index contributed by atoms with van der Waals surface area (Å²) >= 11 is 13.6. The molecule has 0 saturated carbocycles.